The number of aromatic nitrogens is 3. The molecule has 3 aromatic rings. The lowest BCUT2D eigenvalue weighted by atomic mass is 9.94. The van der Waals surface area contributed by atoms with E-state index in [4.69, 9.17) is 19.6 Å². The molecule has 1 atom stereocenters. The first-order valence-corrected chi connectivity index (χ1v) is 16.5. The number of allylic oxidation sites excluding steroid dienone is 1. The predicted molar refractivity (Wildman–Crippen MR) is 175 cm³/mol. The summed E-state index contributed by atoms with van der Waals surface area (Å²) < 4.78 is 14.5. The second-order valence-corrected chi connectivity index (χ2v) is 12.5. The Kier molecular flexibility index (Phi) is 11.4. The number of aryl methyl sites for hydroxylation is 1. The molecule has 2 heterocycles. The monoisotopic (exact) mass is 655 g/mol. The van der Waals surface area contributed by atoms with Crippen molar-refractivity contribution in [3.8, 4) is 11.5 Å². The molecule has 42 heavy (non-hydrogen) atoms. The summed E-state index contributed by atoms with van der Waals surface area (Å²) in [6.45, 7) is 10.9. The minimum Gasteiger partial charge on any atom is -0.493 e. The number of carbonyl (C=O) groups is 1. The van der Waals surface area contributed by atoms with Crippen molar-refractivity contribution in [2.45, 2.75) is 84.3 Å². The summed E-state index contributed by atoms with van der Waals surface area (Å²) in [5.74, 6) is 2.58. The largest absolute Gasteiger partial charge is 0.493 e. The SMILES string of the molecule is CCCCCCOc1c(Br)cc(C2C(C(=O)Nc3cccc(C)c3C)=C(C)Nc3nc(SCCCC)nn32)cc1OC. The van der Waals surface area contributed by atoms with Gasteiger partial charge >= 0.3 is 0 Å². The normalized spacial score (nSPS) is 14.4. The highest BCUT2D eigenvalue weighted by atomic mass is 79.9. The minimum atomic E-state index is -0.539. The van der Waals surface area contributed by atoms with E-state index in [1.54, 1.807) is 18.9 Å². The first kappa shape index (κ1) is 31.9. The maximum absolute atomic E-state index is 14.0. The molecule has 1 aliphatic heterocycles. The third-order valence-corrected chi connectivity index (χ3v) is 8.98. The average molecular weight is 657 g/mol. The van der Waals surface area contributed by atoms with Gasteiger partial charge in [-0.15, -0.1) is 5.10 Å². The van der Waals surface area contributed by atoms with Crippen LogP contribution in [0.4, 0.5) is 11.6 Å². The van der Waals surface area contributed by atoms with Crippen molar-refractivity contribution in [1.82, 2.24) is 14.8 Å². The number of carbonyl (C=O) groups excluding carboxylic acids is 1. The van der Waals surface area contributed by atoms with Gasteiger partial charge in [-0.25, -0.2) is 4.68 Å². The summed E-state index contributed by atoms with van der Waals surface area (Å²) >= 11 is 5.36. The highest BCUT2D eigenvalue weighted by Gasteiger charge is 2.35. The van der Waals surface area contributed by atoms with E-state index in [1.165, 1.54) is 12.8 Å². The van der Waals surface area contributed by atoms with Crippen molar-refractivity contribution in [2.75, 3.05) is 30.1 Å². The Balaban J connectivity index is 1.74. The van der Waals surface area contributed by atoms with Gasteiger partial charge in [0.2, 0.25) is 11.1 Å². The number of ether oxygens (including phenoxy) is 2. The fourth-order valence-electron chi connectivity index (χ4n) is 4.92. The molecule has 0 saturated heterocycles. The average Bonchev–Trinajstić information content (AvgIpc) is 3.37. The number of hydrogen-bond acceptors (Lipinski definition) is 7. The van der Waals surface area contributed by atoms with Crippen molar-refractivity contribution in [2.24, 2.45) is 0 Å². The molecule has 0 radical (unpaired) electrons. The molecule has 2 aromatic carbocycles. The number of anilines is 2. The Morgan fingerprint density at radius 3 is 2.64 bits per heavy atom. The van der Waals surface area contributed by atoms with Gasteiger partial charge in [-0.05, 0) is 84.4 Å². The number of methoxy groups -OCH3 is 1. The Morgan fingerprint density at radius 1 is 1.12 bits per heavy atom. The van der Waals surface area contributed by atoms with Crippen LogP contribution < -0.4 is 20.1 Å². The molecule has 10 heteroatoms. The van der Waals surface area contributed by atoms with Crippen LogP contribution in [-0.2, 0) is 4.79 Å². The number of benzene rings is 2. The van der Waals surface area contributed by atoms with Crippen molar-refractivity contribution in [1.29, 1.82) is 0 Å². The van der Waals surface area contributed by atoms with Crippen LogP contribution in [-0.4, -0.2) is 40.1 Å². The van der Waals surface area contributed by atoms with Gasteiger partial charge < -0.3 is 20.1 Å². The molecule has 1 amide bonds. The van der Waals surface area contributed by atoms with Crippen molar-refractivity contribution < 1.29 is 14.3 Å². The zero-order chi connectivity index (χ0) is 30.2. The van der Waals surface area contributed by atoms with Gasteiger partial charge in [0.05, 0.1) is 23.8 Å². The Labute approximate surface area is 262 Å². The molecule has 4 rings (SSSR count). The first-order valence-electron chi connectivity index (χ1n) is 14.7. The third-order valence-electron chi connectivity index (χ3n) is 7.47. The summed E-state index contributed by atoms with van der Waals surface area (Å²) in [6.07, 6.45) is 6.65. The molecule has 0 aliphatic carbocycles. The Morgan fingerprint density at radius 2 is 1.90 bits per heavy atom. The second-order valence-electron chi connectivity index (χ2n) is 10.6. The van der Waals surface area contributed by atoms with Crippen LogP contribution in [0.2, 0.25) is 0 Å². The molecule has 0 saturated carbocycles. The van der Waals surface area contributed by atoms with Gasteiger partial charge in [0, 0.05) is 17.1 Å². The van der Waals surface area contributed by atoms with Crippen LogP contribution in [0.1, 0.15) is 82.0 Å². The number of thioether (sulfide) groups is 1. The van der Waals surface area contributed by atoms with Gasteiger partial charge in [0.1, 0.15) is 6.04 Å². The van der Waals surface area contributed by atoms with Gasteiger partial charge in [-0.3, -0.25) is 4.79 Å². The van der Waals surface area contributed by atoms with Crippen molar-refractivity contribution >= 4 is 45.2 Å². The van der Waals surface area contributed by atoms with E-state index in [1.807, 2.05) is 55.8 Å². The summed E-state index contributed by atoms with van der Waals surface area (Å²) in [5.41, 5.74) is 5.04. The van der Waals surface area contributed by atoms with Crippen LogP contribution in [0, 0.1) is 13.8 Å². The molecule has 0 spiro atoms. The van der Waals surface area contributed by atoms with Gasteiger partial charge in [-0.2, -0.15) is 4.98 Å². The van der Waals surface area contributed by atoms with E-state index in [-0.39, 0.29) is 5.91 Å². The van der Waals surface area contributed by atoms with Crippen LogP contribution in [0.3, 0.4) is 0 Å². The lowest BCUT2D eigenvalue weighted by Gasteiger charge is -2.29. The number of nitrogens with zero attached hydrogens (tertiary/aromatic N) is 3. The van der Waals surface area contributed by atoms with E-state index in [0.29, 0.717) is 34.8 Å². The number of nitrogens with one attached hydrogen (secondary N) is 2. The summed E-state index contributed by atoms with van der Waals surface area (Å²) in [7, 11) is 1.64. The van der Waals surface area contributed by atoms with Gasteiger partial charge in [-0.1, -0.05) is 63.4 Å². The third kappa shape index (κ3) is 7.32. The van der Waals surface area contributed by atoms with Crippen molar-refractivity contribution in [3.63, 3.8) is 0 Å². The van der Waals surface area contributed by atoms with E-state index >= 15 is 0 Å². The highest BCUT2D eigenvalue weighted by molar-refractivity contribution is 9.10. The quantitative estimate of drug-likeness (QED) is 0.133. The molecule has 226 valence electrons. The molecule has 2 N–H and O–H groups in total. The van der Waals surface area contributed by atoms with Crippen molar-refractivity contribution in [3.05, 3.63) is 62.8 Å². The molecule has 1 aliphatic rings. The Bertz CT molecular complexity index is 1440. The maximum atomic E-state index is 14.0. The van der Waals surface area contributed by atoms with E-state index < -0.39 is 6.04 Å². The molecule has 8 nitrogen and oxygen atoms in total. The fraction of sp³-hybridized carbons (Fsp3) is 0.469. The Hall–Kier alpha value is -2.98. The van der Waals surface area contributed by atoms with Gasteiger partial charge in [0.15, 0.2) is 11.5 Å². The zero-order valence-corrected chi connectivity index (χ0v) is 27.9. The predicted octanol–water partition coefficient (Wildman–Crippen LogP) is 8.44. The van der Waals surface area contributed by atoms with Crippen LogP contribution in [0.5, 0.6) is 11.5 Å². The zero-order valence-electron chi connectivity index (χ0n) is 25.5. The number of amides is 1. The van der Waals surface area contributed by atoms with Crippen LogP contribution in [0.25, 0.3) is 0 Å². The van der Waals surface area contributed by atoms with Crippen LogP contribution in [0.15, 0.2) is 51.2 Å². The minimum absolute atomic E-state index is 0.202. The van der Waals surface area contributed by atoms with E-state index in [2.05, 4.69) is 40.4 Å². The van der Waals surface area contributed by atoms with E-state index in [0.717, 1.165) is 64.0 Å². The number of rotatable bonds is 14. The van der Waals surface area contributed by atoms with Crippen LogP contribution >= 0.6 is 27.7 Å². The lowest BCUT2D eigenvalue weighted by molar-refractivity contribution is -0.113. The topological polar surface area (TPSA) is 90.3 Å². The first-order chi connectivity index (χ1) is 20.3. The fourth-order valence-corrected chi connectivity index (χ4v) is 6.41. The number of hydrogen-bond donors (Lipinski definition) is 2. The summed E-state index contributed by atoms with van der Waals surface area (Å²) in [5, 5.41) is 12.1. The molecular weight excluding hydrogens is 614 g/mol. The molecule has 1 aromatic heterocycles. The smallest absolute Gasteiger partial charge is 0.255 e. The summed E-state index contributed by atoms with van der Waals surface area (Å²) in [4.78, 5) is 18.8. The standard InChI is InChI=1S/C32H42BrN5O3S/c1-7-9-11-12-16-41-29-24(33)18-23(19-26(29)40-6)28-27(30(39)35-25-15-13-14-20(3)21(25)4)22(5)34-31-36-32(37-38(28)31)42-17-10-8-2/h13-15,18-19,28H,7-12,16-17H2,1-6H3,(H,35,39)(H,34,36,37). The number of fused-ring (bicyclic) bond motifs is 1. The molecular formula is C32H42BrN5O3S. The number of halogens is 1. The maximum Gasteiger partial charge on any atom is 0.255 e. The second kappa shape index (κ2) is 15.0. The number of unbranched alkanes of at least 4 members (excludes halogenated alkanes) is 4. The molecule has 0 bridgehead atoms. The molecule has 1 unspecified atom stereocenters. The highest BCUT2D eigenvalue weighted by Crippen LogP contribution is 2.43. The van der Waals surface area contributed by atoms with E-state index in [9.17, 15) is 4.79 Å². The summed E-state index contributed by atoms with van der Waals surface area (Å²) in [6, 6.07) is 9.31. The lowest BCUT2D eigenvalue weighted by Crippen LogP contribution is -2.31. The van der Waals surface area contributed by atoms with Gasteiger partial charge in [0.25, 0.3) is 5.91 Å². The molecule has 0 fully saturated rings.